The zero-order valence-electron chi connectivity index (χ0n) is 10.5. The highest BCUT2D eigenvalue weighted by Gasteiger charge is 2.14. The second kappa shape index (κ2) is 9.01. The van der Waals surface area contributed by atoms with Crippen molar-refractivity contribution >= 4 is 5.97 Å². The lowest BCUT2D eigenvalue weighted by atomic mass is 10.2. The van der Waals surface area contributed by atoms with Gasteiger partial charge in [0.2, 0.25) is 6.29 Å². The van der Waals surface area contributed by atoms with E-state index in [0.717, 1.165) is 25.7 Å². The quantitative estimate of drug-likeness (QED) is 0.209. The van der Waals surface area contributed by atoms with E-state index in [1.807, 2.05) is 6.92 Å². The highest BCUT2D eigenvalue weighted by Crippen LogP contribution is 2.10. The van der Waals surface area contributed by atoms with Gasteiger partial charge in [0.05, 0.1) is 6.26 Å². The van der Waals surface area contributed by atoms with Gasteiger partial charge in [0, 0.05) is 12.0 Å². The molecule has 0 N–H and O–H groups in total. The molecule has 0 aromatic rings. The van der Waals surface area contributed by atoms with Gasteiger partial charge in [-0.05, 0) is 20.3 Å². The summed E-state index contributed by atoms with van der Waals surface area (Å²) in [5.74, 6) is -0.397. The number of allylic oxidation sites excluding steroid dienone is 1. The third-order valence-corrected chi connectivity index (χ3v) is 2.00. The van der Waals surface area contributed by atoms with E-state index >= 15 is 0 Å². The molecule has 0 amide bonds. The first-order valence-electron chi connectivity index (χ1n) is 5.74. The van der Waals surface area contributed by atoms with E-state index in [1.54, 1.807) is 19.3 Å². The Morgan fingerprint density at radius 2 is 2.12 bits per heavy atom. The lowest BCUT2D eigenvalue weighted by molar-refractivity contribution is -0.165. The van der Waals surface area contributed by atoms with Crippen LogP contribution < -0.4 is 0 Å². The molecule has 1 atom stereocenters. The summed E-state index contributed by atoms with van der Waals surface area (Å²) in [5.41, 5.74) is 0.393. The van der Waals surface area contributed by atoms with E-state index < -0.39 is 12.3 Å². The molecule has 0 aliphatic rings. The highest BCUT2D eigenvalue weighted by atomic mass is 16.7. The lowest BCUT2D eigenvalue weighted by Gasteiger charge is -2.17. The average molecular weight is 226 g/mol. The van der Waals surface area contributed by atoms with Gasteiger partial charge in [-0.3, -0.25) is 0 Å². The van der Waals surface area contributed by atoms with Gasteiger partial charge in [-0.1, -0.05) is 32.4 Å². The summed E-state index contributed by atoms with van der Waals surface area (Å²) in [4.78, 5) is 11.3. The molecule has 0 aromatic carbocycles. The van der Waals surface area contributed by atoms with E-state index in [4.69, 9.17) is 9.47 Å². The summed E-state index contributed by atoms with van der Waals surface area (Å²) in [6.45, 7) is 9.14. The van der Waals surface area contributed by atoms with Crippen molar-refractivity contribution in [1.29, 1.82) is 0 Å². The Labute approximate surface area is 98.1 Å². The van der Waals surface area contributed by atoms with E-state index in [2.05, 4.69) is 13.5 Å². The van der Waals surface area contributed by atoms with Crippen LogP contribution >= 0.6 is 0 Å². The second-order valence-electron chi connectivity index (χ2n) is 3.72. The summed E-state index contributed by atoms with van der Waals surface area (Å²) in [5, 5.41) is 0. The molecular formula is C13H22O3. The molecule has 0 aromatic heterocycles. The fourth-order valence-electron chi connectivity index (χ4n) is 1.10. The maximum absolute atomic E-state index is 11.3. The van der Waals surface area contributed by atoms with Crippen LogP contribution in [0, 0.1) is 0 Å². The topological polar surface area (TPSA) is 35.5 Å². The molecule has 0 saturated carbocycles. The Morgan fingerprint density at radius 1 is 1.44 bits per heavy atom. The van der Waals surface area contributed by atoms with Gasteiger partial charge >= 0.3 is 5.97 Å². The second-order valence-corrected chi connectivity index (χ2v) is 3.72. The van der Waals surface area contributed by atoms with Crippen LogP contribution in [0.3, 0.4) is 0 Å². The van der Waals surface area contributed by atoms with Crippen molar-refractivity contribution in [2.45, 2.75) is 52.7 Å². The van der Waals surface area contributed by atoms with Crippen LogP contribution in [0.15, 0.2) is 24.5 Å². The van der Waals surface area contributed by atoms with Gasteiger partial charge in [-0.25, -0.2) is 4.79 Å². The van der Waals surface area contributed by atoms with E-state index in [9.17, 15) is 4.79 Å². The Kier molecular flexibility index (Phi) is 8.31. The molecule has 0 aliphatic carbocycles. The van der Waals surface area contributed by atoms with E-state index in [-0.39, 0.29) is 0 Å². The molecule has 16 heavy (non-hydrogen) atoms. The molecule has 0 radical (unpaired) electrons. The zero-order chi connectivity index (χ0) is 12.4. The maximum Gasteiger partial charge on any atom is 0.336 e. The number of rotatable bonds is 8. The zero-order valence-corrected chi connectivity index (χ0v) is 10.5. The van der Waals surface area contributed by atoms with Crippen LogP contribution in [0.25, 0.3) is 0 Å². The fraction of sp³-hybridized carbons (Fsp3) is 0.615. The van der Waals surface area contributed by atoms with Crippen molar-refractivity contribution in [2.75, 3.05) is 0 Å². The first kappa shape index (κ1) is 14.8. The van der Waals surface area contributed by atoms with Crippen molar-refractivity contribution in [1.82, 2.24) is 0 Å². The summed E-state index contributed by atoms with van der Waals surface area (Å²) >= 11 is 0. The number of unbranched alkanes of at least 4 members (excludes halogenated alkanes) is 2. The molecule has 0 fully saturated rings. The predicted molar refractivity (Wildman–Crippen MR) is 64.7 cm³/mol. The Hall–Kier alpha value is -1.25. The number of ether oxygens (including phenoxy) is 2. The lowest BCUT2D eigenvalue weighted by Crippen LogP contribution is -2.20. The Balaban J connectivity index is 4.08. The third-order valence-electron chi connectivity index (χ3n) is 2.00. The molecule has 3 nitrogen and oxygen atoms in total. The van der Waals surface area contributed by atoms with Crippen molar-refractivity contribution in [3.8, 4) is 0 Å². The van der Waals surface area contributed by atoms with Crippen LogP contribution in [0.5, 0.6) is 0 Å². The predicted octanol–water partition coefficient (Wildman–Crippen LogP) is 3.56. The molecule has 0 aliphatic heterocycles. The molecule has 3 heteroatoms. The van der Waals surface area contributed by atoms with Gasteiger partial charge in [-0.15, -0.1) is 0 Å². The minimum atomic E-state index is -0.494. The number of carbonyl (C=O) groups excluding carboxylic acids is 1. The van der Waals surface area contributed by atoms with Gasteiger partial charge in [0.1, 0.15) is 0 Å². The Morgan fingerprint density at radius 3 is 2.62 bits per heavy atom. The highest BCUT2D eigenvalue weighted by molar-refractivity contribution is 5.86. The molecule has 92 valence electrons. The summed E-state index contributed by atoms with van der Waals surface area (Å²) in [6, 6.07) is 0. The van der Waals surface area contributed by atoms with Crippen LogP contribution in [0.4, 0.5) is 0 Å². The SMILES string of the molecule is C=C(C)C(=O)OC(CCCCC)OC=CC. The Bertz CT molecular complexity index is 244. The summed E-state index contributed by atoms with van der Waals surface area (Å²) < 4.78 is 10.4. The molecule has 0 heterocycles. The molecule has 0 saturated heterocycles. The van der Waals surface area contributed by atoms with Gasteiger partial charge < -0.3 is 9.47 Å². The number of esters is 1. The van der Waals surface area contributed by atoms with Crippen LogP contribution in [0.1, 0.15) is 46.5 Å². The van der Waals surface area contributed by atoms with Crippen molar-refractivity contribution in [2.24, 2.45) is 0 Å². The number of carbonyl (C=O) groups is 1. The third kappa shape index (κ3) is 7.10. The first-order valence-corrected chi connectivity index (χ1v) is 5.74. The average Bonchev–Trinajstić information content (AvgIpc) is 2.25. The molecule has 1 unspecified atom stereocenters. The van der Waals surface area contributed by atoms with Crippen LogP contribution in [-0.2, 0) is 14.3 Å². The first-order chi connectivity index (χ1) is 7.61. The molecule has 0 spiro atoms. The summed E-state index contributed by atoms with van der Waals surface area (Å²) in [6.07, 6.45) is 6.76. The molecule has 0 bridgehead atoms. The normalized spacial score (nSPS) is 12.4. The van der Waals surface area contributed by atoms with Gasteiger partial charge in [0.25, 0.3) is 0 Å². The van der Waals surface area contributed by atoms with E-state index in [0.29, 0.717) is 5.57 Å². The van der Waals surface area contributed by atoms with Crippen molar-refractivity contribution < 1.29 is 14.3 Å². The van der Waals surface area contributed by atoms with Gasteiger partial charge in [0.15, 0.2) is 0 Å². The van der Waals surface area contributed by atoms with E-state index in [1.165, 1.54) is 0 Å². The largest absolute Gasteiger partial charge is 0.463 e. The molecular weight excluding hydrogens is 204 g/mol. The van der Waals surface area contributed by atoms with Crippen LogP contribution in [-0.4, -0.2) is 12.3 Å². The van der Waals surface area contributed by atoms with Crippen LogP contribution in [0.2, 0.25) is 0 Å². The summed E-state index contributed by atoms with van der Waals surface area (Å²) in [7, 11) is 0. The minimum Gasteiger partial charge on any atom is -0.463 e. The standard InChI is InChI=1S/C13H22O3/c1-5-7-8-9-12(15-10-6-2)16-13(14)11(3)4/h6,10,12H,3,5,7-9H2,1-2,4H3. The molecule has 0 rings (SSSR count). The number of hydrogen-bond acceptors (Lipinski definition) is 3. The van der Waals surface area contributed by atoms with Gasteiger partial charge in [-0.2, -0.15) is 0 Å². The smallest absolute Gasteiger partial charge is 0.336 e. The van der Waals surface area contributed by atoms with Crippen molar-refractivity contribution in [3.63, 3.8) is 0 Å². The fourth-order valence-corrected chi connectivity index (χ4v) is 1.10. The number of hydrogen-bond donors (Lipinski definition) is 0. The minimum absolute atomic E-state index is 0.393. The van der Waals surface area contributed by atoms with Crippen molar-refractivity contribution in [3.05, 3.63) is 24.5 Å². The maximum atomic E-state index is 11.3. The monoisotopic (exact) mass is 226 g/mol.